The molecule has 7 nitrogen and oxygen atoms in total. The lowest BCUT2D eigenvalue weighted by molar-refractivity contribution is -0.0646. The lowest BCUT2D eigenvalue weighted by atomic mass is 10.1. The zero-order valence-corrected chi connectivity index (χ0v) is 19.2. The highest BCUT2D eigenvalue weighted by atomic mass is 16.5. The molecule has 1 fully saturated rings. The predicted octanol–water partition coefficient (Wildman–Crippen LogP) is 3.30. The molecule has 0 bridgehead atoms. The third-order valence-electron chi connectivity index (χ3n) is 5.60. The molecule has 2 aromatic carbocycles. The summed E-state index contributed by atoms with van der Waals surface area (Å²) >= 11 is 0. The summed E-state index contributed by atoms with van der Waals surface area (Å²) in [4.78, 5) is 2.21. The van der Waals surface area contributed by atoms with E-state index in [1.807, 2.05) is 60.3 Å². The van der Waals surface area contributed by atoms with Crippen molar-refractivity contribution in [3.05, 3.63) is 78.1 Å². The molecule has 7 heteroatoms. The molecule has 0 spiro atoms. The van der Waals surface area contributed by atoms with Crippen LogP contribution in [0.5, 0.6) is 11.5 Å². The van der Waals surface area contributed by atoms with Gasteiger partial charge in [0.15, 0.2) is 0 Å². The monoisotopic (exact) mass is 451 g/mol. The van der Waals surface area contributed by atoms with Crippen molar-refractivity contribution >= 4 is 0 Å². The number of benzene rings is 2. The minimum atomic E-state index is -1.07. The summed E-state index contributed by atoms with van der Waals surface area (Å²) in [6.07, 6.45) is 4.63. The average molecular weight is 452 g/mol. The van der Waals surface area contributed by atoms with Gasteiger partial charge in [0.1, 0.15) is 23.7 Å². The summed E-state index contributed by atoms with van der Waals surface area (Å²) in [5, 5.41) is 15.4. The number of nitrogens with zero attached hydrogens (tertiary/aromatic N) is 3. The van der Waals surface area contributed by atoms with Crippen molar-refractivity contribution in [1.82, 2.24) is 14.7 Å². The smallest absolute Gasteiger partial charge is 0.134 e. The molecule has 0 amide bonds. The summed E-state index contributed by atoms with van der Waals surface area (Å²) in [6, 6.07) is 17.9. The number of aliphatic hydroxyl groups is 1. The van der Waals surface area contributed by atoms with E-state index in [0.717, 1.165) is 42.1 Å². The molecule has 1 aliphatic rings. The van der Waals surface area contributed by atoms with E-state index in [4.69, 9.17) is 14.2 Å². The van der Waals surface area contributed by atoms with Crippen molar-refractivity contribution in [2.75, 3.05) is 39.5 Å². The molecule has 1 N–H and O–H groups in total. The van der Waals surface area contributed by atoms with Crippen LogP contribution in [0.15, 0.2) is 67.0 Å². The lowest BCUT2D eigenvalue weighted by Crippen LogP contribution is -2.48. The maximum Gasteiger partial charge on any atom is 0.134 e. The third kappa shape index (κ3) is 7.32. The molecule has 33 heavy (non-hydrogen) atoms. The van der Waals surface area contributed by atoms with Crippen LogP contribution in [0.25, 0.3) is 0 Å². The highest BCUT2D eigenvalue weighted by molar-refractivity contribution is 5.29. The fourth-order valence-corrected chi connectivity index (χ4v) is 3.98. The Morgan fingerprint density at radius 3 is 2.76 bits per heavy atom. The quantitative estimate of drug-likeness (QED) is 0.477. The van der Waals surface area contributed by atoms with Gasteiger partial charge in [0.25, 0.3) is 0 Å². The molecule has 2 heterocycles. The molecular weight excluding hydrogens is 418 g/mol. The lowest BCUT2D eigenvalue weighted by Gasteiger charge is -2.30. The molecule has 0 unspecified atom stereocenters. The van der Waals surface area contributed by atoms with Crippen LogP contribution in [0.2, 0.25) is 0 Å². The summed E-state index contributed by atoms with van der Waals surface area (Å²) < 4.78 is 19.5. The van der Waals surface area contributed by atoms with Crippen LogP contribution in [0, 0.1) is 6.92 Å². The topological polar surface area (TPSA) is 69.0 Å². The minimum Gasteiger partial charge on any atom is -0.494 e. The maximum absolute atomic E-state index is 11.2. The highest BCUT2D eigenvalue weighted by Gasteiger charge is 2.33. The molecule has 176 valence electrons. The zero-order chi connectivity index (χ0) is 22.9. The molecular formula is C26H33N3O4. The Morgan fingerprint density at radius 2 is 1.94 bits per heavy atom. The molecule has 0 radical (unpaired) electrons. The van der Waals surface area contributed by atoms with E-state index < -0.39 is 5.60 Å². The Kier molecular flexibility index (Phi) is 7.99. The number of ether oxygens (including phenoxy) is 3. The highest BCUT2D eigenvalue weighted by Crippen LogP contribution is 2.20. The summed E-state index contributed by atoms with van der Waals surface area (Å²) in [5.74, 6) is 1.62. The number of hydrogen-bond donors (Lipinski definition) is 1. The van der Waals surface area contributed by atoms with E-state index in [9.17, 15) is 5.11 Å². The van der Waals surface area contributed by atoms with E-state index in [2.05, 4.69) is 22.1 Å². The van der Waals surface area contributed by atoms with Crippen LogP contribution in [-0.4, -0.2) is 64.9 Å². The first kappa shape index (κ1) is 23.3. The van der Waals surface area contributed by atoms with Gasteiger partial charge in [-0.2, -0.15) is 5.10 Å². The van der Waals surface area contributed by atoms with Gasteiger partial charge in [0.2, 0.25) is 0 Å². The molecule has 4 rings (SSSR count). The van der Waals surface area contributed by atoms with Crippen molar-refractivity contribution in [3.8, 4) is 11.5 Å². The standard InChI is InChI=1S/C26H33N3O4/c1-22-6-2-8-24(16-22)33-21-26(30)19-28(13-15-31-20-26)18-23-7-3-9-25(17-23)32-14-5-12-29-11-4-10-27-29/h2-4,6-11,16-17,30H,5,12-15,18-21H2,1H3/t26-/m0/s1. The zero-order valence-electron chi connectivity index (χ0n) is 19.2. The van der Waals surface area contributed by atoms with Crippen molar-refractivity contribution in [2.24, 2.45) is 0 Å². The van der Waals surface area contributed by atoms with E-state index >= 15 is 0 Å². The third-order valence-corrected chi connectivity index (χ3v) is 5.60. The van der Waals surface area contributed by atoms with Crippen molar-refractivity contribution in [2.45, 2.75) is 32.0 Å². The Balaban J connectivity index is 1.29. The van der Waals surface area contributed by atoms with E-state index in [-0.39, 0.29) is 13.2 Å². The van der Waals surface area contributed by atoms with Crippen LogP contribution in [0.1, 0.15) is 17.5 Å². The van der Waals surface area contributed by atoms with Gasteiger partial charge >= 0.3 is 0 Å². The Hall–Kier alpha value is -2.87. The van der Waals surface area contributed by atoms with Crippen LogP contribution < -0.4 is 9.47 Å². The van der Waals surface area contributed by atoms with E-state index in [1.165, 1.54) is 0 Å². The Morgan fingerprint density at radius 1 is 1.09 bits per heavy atom. The first-order valence-corrected chi connectivity index (χ1v) is 11.5. The molecule has 1 aromatic heterocycles. The molecule has 1 atom stereocenters. The second-order valence-electron chi connectivity index (χ2n) is 8.71. The SMILES string of the molecule is Cc1cccc(OC[C@@]2(O)COCCN(Cc3cccc(OCCCn4cccn4)c3)C2)c1. The summed E-state index contributed by atoms with van der Waals surface area (Å²) in [7, 11) is 0. The van der Waals surface area contributed by atoms with Gasteiger partial charge in [0, 0.05) is 45.0 Å². The molecule has 0 saturated carbocycles. The van der Waals surface area contributed by atoms with Gasteiger partial charge in [-0.15, -0.1) is 0 Å². The minimum absolute atomic E-state index is 0.187. The number of β-amino-alcohol motifs (C(OH)–C–C–N with tert-alkyl or cyclic N) is 1. The molecule has 3 aromatic rings. The van der Waals surface area contributed by atoms with Crippen LogP contribution in [0.4, 0.5) is 0 Å². The van der Waals surface area contributed by atoms with Crippen molar-refractivity contribution < 1.29 is 19.3 Å². The number of hydrogen-bond acceptors (Lipinski definition) is 6. The van der Waals surface area contributed by atoms with Gasteiger partial charge < -0.3 is 19.3 Å². The van der Waals surface area contributed by atoms with Crippen molar-refractivity contribution in [3.63, 3.8) is 0 Å². The van der Waals surface area contributed by atoms with E-state index in [1.54, 1.807) is 6.20 Å². The molecule has 0 aliphatic carbocycles. The second kappa shape index (κ2) is 11.3. The largest absolute Gasteiger partial charge is 0.494 e. The van der Waals surface area contributed by atoms with Gasteiger partial charge in [-0.3, -0.25) is 9.58 Å². The number of rotatable bonds is 10. The number of aromatic nitrogens is 2. The molecule has 1 aliphatic heterocycles. The predicted molar refractivity (Wildman–Crippen MR) is 127 cm³/mol. The maximum atomic E-state index is 11.2. The Bertz CT molecular complexity index is 995. The second-order valence-corrected chi connectivity index (χ2v) is 8.71. The van der Waals surface area contributed by atoms with Gasteiger partial charge in [-0.05, 0) is 48.4 Å². The van der Waals surface area contributed by atoms with Crippen molar-refractivity contribution in [1.29, 1.82) is 0 Å². The van der Waals surface area contributed by atoms with Crippen LogP contribution >= 0.6 is 0 Å². The molecule has 1 saturated heterocycles. The van der Waals surface area contributed by atoms with Gasteiger partial charge in [0.05, 0.1) is 19.8 Å². The Labute approximate surface area is 195 Å². The number of aryl methyl sites for hydroxylation is 2. The van der Waals surface area contributed by atoms with Gasteiger partial charge in [-0.25, -0.2) is 0 Å². The fourth-order valence-electron chi connectivity index (χ4n) is 3.98. The first-order valence-electron chi connectivity index (χ1n) is 11.5. The first-order chi connectivity index (χ1) is 16.1. The van der Waals surface area contributed by atoms with E-state index in [0.29, 0.717) is 26.3 Å². The van der Waals surface area contributed by atoms with Crippen LogP contribution in [0.3, 0.4) is 0 Å². The van der Waals surface area contributed by atoms with Gasteiger partial charge in [-0.1, -0.05) is 24.3 Å². The average Bonchev–Trinajstić information content (AvgIpc) is 3.25. The van der Waals surface area contributed by atoms with Crippen LogP contribution in [-0.2, 0) is 17.8 Å². The summed E-state index contributed by atoms with van der Waals surface area (Å²) in [5.41, 5.74) is 1.20. The summed E-state index contributed by atoms with van der Waals surface area (Å²) in [6.45, 7) is 6.46. The fraction of sp³-hybridized carbons (Fsp3) is 0.423. The normalized spacial score (nSPS) is 19.2.